The Morgan fingerprint density at radius 3 is 2.85 bits per heavy atom. The first-order chi connectivity index (χ1) is 13.0. The summed E-state index contributed by atoms with van der Waals surface area (Å²) in [5, 5.41) is 5.70. The van der Waals surface area contributed by atoms with Gasteiger partial charge in [-0.3, -0.25) is 9.36 Å². The average molecular weight is 445 g/mol. The highest BCUT2D eigenvalue weighted by molar-refractivity contribution is 7.98. The summed E-state index contributed by atoms with van der Waals surface area (Å²) in [5.74, 6) is 0.482. The van der Waals surface area contributed by atoms with E-state index in [9.17, 15) is 4.79 Å². The van der Waals surface area contributed by atoms with Gasteiger partial charge in [0.15, 0.2) is 5.16 Å². The van der Waals surface area contributed by atoms with Gasteiger partial charge in [0.25, 0.3) is 5.56 Å². The molecule has 0 radical (unpaired) electrons. The summed E-state index contributed by atoms with van der Waals surface area (Å²) in [6.45, 7) is 5.07. The molecule has 144 valence electrons. The number of aromatic nitrogens is 4. The third-order valence-electron chi connectivity index (χ3n) is 3.71. The highest BCUT2D eigenvalue weighted by Crippen LogP contribution is 2.27. The molecule has 0 amide bonds. The van der Waals surface area contributed by atoms with Crippen molar-refractivity contribution in [3.05, 3.63) is 43.6 Å². The van der Waals surface area contributed by atoms with E-state index in [1.165, 1.54) is 11.8 Å². The van der Waals surface area contributed by atoms with Crippen LogP contribution in [0, 0.1) is 0 Å². The maximum atomic E-state index is 13.0. The summed E-state index contributed by atoms with van der Waals surface area (Å²) < 4.78 is 11.6. The Bertz CT molecular complexity index is 991. The molecule has 0 atom stereocenters. The smallest absolute Gasteiger partial charge is 0.262 e. The SMILES string of the molecule is CC(C)OCCCn1c(SCc2nnsc2Cl)nc2cc(Cl)ccc2c1=O. The van der Waals surface area contributed by atoms with Crippen LogP contribution in [0.3, 0.4) is 0 Å². The van der Waals surface area contributed by atoms with Crippen LogP contribution in [0.5, 0.6) is 0 Å². The number of hydrogen-bond donors (Lipinski definition) is 0. The fraction of sp³-hybridized carbons (Fsp3) is 0.412. The van der Waals surface area contributed by atoms with Gasteiger partial charge in [-0.15, -0.1) is 5.10 Å². The van der Waals surface area contributed by atoms with Crippen LogP contribution in [0.1, 0.15) is 26.0 Å². The van der Waals surface area contributed by atoms with Crippen LogP contribution in [0.25, 0.3) is 10.9 Å². The topological polar surface area (TPSA) is 69.9 Å². The molecule has 1 aromatic carbocycles. The van der Waals surface area contributed by atoms with E-state index in [-0.39, 0.29) is 11.7 Å². The van der Waals surface area contributed by atoms with E-state index in [4.69, 9.17) is 27.9 Å². The predicted octanol–water partition coefficient (Wildman–Crippen LogP) is 4.66. The first kappa shape index (κ1) is 20.5. The van der Waals surface area contributed by atoms with Gasteiger partial charge >= 0.3 is 0 Å². The van der Waals surface area contributed by atoms with Crippen LogP contribution < -0.4 is 5.56 Å². The number of rotatable bonds is 8. The Morgan fingerprint density at radius 2 is 2.15 bits per heavy atom. The largest absolute Gasteiger partial charge is 0.379 e. The molecule has 27 heavy (non-hydrogen) atoms. The normalized spacial score (nSPS) is 11.6. The molecule has 0 N–H and O–H groups in total. The van der Waals surface area contributed by atoms with Crippen molar-refractivity contribution in [3.63, 3.8) is 0 Å². The monoisotopic (exact) mass is 444 g/mol. The van der Waals surface area contributed by atoms with E-state index in [1.807, 2.05) is 13.8 Å². The van der Waals surface area contributed by atoms with Gasteiger partial charge in [0, 0.05) is 35.5 Å². The Kier molecular flexibility index (Phi) is 7.10. The van der Waals surface area contributed by atoms with E-state index < -0.39 is 0 Å². The molecular weight excluding hydrogens is 427 g/mol. The highest BCUT2D eigenvalue weighted by Gasteiger charge is 2.14. The van der Waals surface area contributed by atoms with Crippen molar-refractivity contribution in [2.75, 3.05) is 6.61 Å². The maximum absolute atomic E-state index is 13.0. The lowest BCUT2D eigenvalue weighted by Gasteiger charge is -2.14. The maximum Gasteiger partial charge on any atom is 0.262 e. The van der Waals surface area contributed by atoms with Crippen molar-refractivity contribution >= 4 is 57.4 Å². The molecule has 0 aliphatic heterocycles. The van der Waals surface area contributed by atoms with Gasteiger partial charge in [0.1, 0.15) is 10.0 Å². The fourth-order valence-electron chi connectivity index (χ4n) is 2.44. The number of thioether (sulfide) groups is 1. The van der Waals surface area contributed by atoms with Crippen LogP contribution in [-0.2, 0) is 17.0 Å². The summed E-state index contributed by atoms with van der Waals surface area (Å²) in [7, 11) is 0. The number of fused-ring (bicyclic) bond motifs is 1. The van der Waals surface area contributed by atoms with Crippen LogP contribution in [-0.4, -0.2) is 31.8 Å². The fourth-order valence-corrected chi connectivity index (χ4v) is 4.36. The van der Waals surface area contributed by atoms with Gasteiger partial charge in [-0.25, -0.2) is 4.98 Å². The van der Waals surface area contributed by atoms with Crippen LogP contribution in [0.2, 0.25) is 9.36 Å². The van der Waals surface area contributed by atoms with E-state index in [0.717, 1.165) is 11.5 Å². The summed E-state index contributed by atoms with van der Waals surface area (Å²) in [6.07, 6.45) is 0.873. The molecule has 0 saturated carbocycles. The number of hydrogen-bond acceptors (Lipinski definition) is 7. The van der Waals surface area contributed by atoms with Crippen molar-refractivity contribution in [2.45, 2.75) is 43.8 Å². The lowest BCUT2D eigenvalue weighted by molar-refractivity contribution is 0.0743. The zero-order valence-electron chi connectivity index (χ0n) is 14.8. The molecule has 10 heteroatoms. The Morgan fingerprint density at radius 1 is 1.33 bits per heavy atom. The Labute approximate surface area is 175 Å². The minimum Gasteiger partial charge on any atom is -0.379 e. The lowest BCUT2D eigenvalue weighted by atomic mass is 10.2. The van der Waals surface area contributed by atoms with Crippen molar-refractivity contribution < 1.29 is 4.74 Å². The summed E-state index contributed by atoms with van der Waals surface area (Å²) in [5.41, 5.74) is 1.17. The molecule has 0 spiro atoms. The molecule has 3 aromatic rings. The van der Waals surface area contributed by atoms with E-state index >= 15 is 0 Å². The summed E-state index contributed by atoms with van der Waals surface area (Å²) >= 11 is 14.7. The Balaban J connectivity index is 1.90. The van der Waals surface area contributed by atoms with Gasteiger partial charge in [-0.05, 0) is 38.5 Å². The van der Waals surface area contributed by atoms with Gasteiger partial charge in [0.2, 0.25) is 0 Å². The molecule has 6 nitrogen and oxygen atoms in total. The van der Waals surface area contributed by atoms with Crippen LogP contribution in [0.15, 0.2) is 28.2 Å². The van der Waals surface area contributed by atoms with Crippen LogP contribution >= 0.6 is 46.5 Å². The van der Waals surface area contributed by atoms with Gasteiger partial charge in [-0.1, -0.05) is 39.5 Å². The molecule has 2 heterocycles. The zero-order valence-corrected chi connectivity index (χ0v) is 18.0. The molecule has 2 aromatic heterocycles. The standard InChI is InChI=1S/C17H18Cl2N4O2S2/c1-10(2)25-7-3-6-23-16(24)12-5-4-11(18)8-13(12)20-17(23)26-9-14-15(19)27-22-21-14/h4-5,8,10H,3,6-7,9H2,1-2H3. The summed E-state index contributed by atoms with van der Waals surface area (Å²) in [4.78, 5) is 17.6. The van der Waals surface area contributed by atoms with E-state index in [2.05, 4.69) is 14.6 Å². The van der Waals surface area contributed by atoms with Crippen molar-refractivity contribution in [2.24, 2.45) is 0 Å². The number of nitrogens with zero attached hydrogens (tertiary/aromatic N) is 4. The lowest BCUT2D eigenvalue weighted by Crippen LogP contribution is -2.24. The first-order valence-corrected chi connectivity index (χ1v) is 10.9. The van der Waals surface area contributed by atoms with Gasteiger partial charge in [-0.2, -0.15) is 0 Å². The van der Waals surface area contributed by atoms with Gasteiger partial charge < -0.3 is 4.74 Å². The second-order valence-electron chi connectivity index (χ2n) is 6.07. The minimum atomic E-state index is -0.0915. The molecule has 0 saturated heterocycles. The van der Waals surface area contributed by atoms with Gasteiger partial charge in [0.05, 0.1) is 17.0 Å². The zero-order chi connectivity index (χ0) is 19.4. The van der Waals surface area contributed by atoms with E-state index in [0.29, 0.717) is 56.4 Å². The molecule has 0 bridgehead atoms. The number of benzene rings is 1. The van der Waals surface area contributed by atoms with Crippen molar-refractivity contribution in [1.82, 2.24) is 19.1 Å². The quantitative estimate of drug-likeness (QED) is 0.285. The number of halogens is 2. The predicted molar refractivity (Wildman–Crippen MR) is 111 cm³/mol. The van der Waals surface area contributed by atoms with Crippen molar-refractivity contribution in [3.8, 4) is 0 Å². The second-order valence-corrected chi connectivity index (χ2v) is 8.80. The number of ether oxygens (including phenoxy) is 1. The van der Waals surface area contributed by atoms with E-state index in [1.54, 1.807) is 22.8 Å². The van der Waals surface area contributed by atoms with Crippen LogP contribution in [0.4, 0.5) is 0 Å². The molecule has 0 unspecified atom stereocenters. The van der Waals surface area contributed by atoms with Crippen molar-refractivity contribution in [1.29, 1.82) is 0 Å². The molecular formula is C17H18Cl2N4O2S2. The molecule has 0 aliphatic carbocycles. The Hall–Kier alpha value is -1.19. The molecule has 3 rings (SSSR count). The average Bonchev–Trinajstić information content (AvgIpc) is 3.03. The molecule has 0 fully saturated rings. The highest BCUT2D eigenvalue weighted by atomic mass is 35.5. The first-order valence-electron chi connectivity index (χ1n) is 8.37. The minimum absolute atomic E-state index is 0.0915. The second kappa shape index (κ2) is 9.34. The third-order valence-corrected chi connectivity index (χ3v) is 5.91. The third kappa shape index (κ3) is 5.20. The molecule has 0 aliphatic rings. The summed E-state index contributed by atoms with van der Waals surface area (Å²) in [6, 6.07) is 5.11.